The Labute approximate surface area is 209 Å². The van der Waals surface area contributed by atoms with E-state index in [9.17, 15) is 9.59 Å². The van der Waals surface area contributed by atoms with Gasteiger partial charge < -0.3 is 19.7 Å². The molecule has 182 valence electrons. The Balaban J connectivity index is 1.59. The Morgan fingerprint density at radius 1 is 1.11 bits per heavy atom. The lowest BCUT2D eigenvalue weighted by atomic mass is 9.95. The molecule has 8 nitrogen and oxygen atoms in total. The van der Waals surface area contributed by atoms with E-state index in [2.05, 4.69) is 33.7 Å². The molecule has 1 unspecified atom stereocenters. The summed E-state index contributed by atoms with van der Waals surface area (Å²) in [5, 5.41) is 4.18. The number of pyridine rings is 1. The molecule has 2 aliphatic rings. The van der Waals surface area contributed by atoms with E-state index in [0.29, 0.717) is 11.4 Å². The number of carbonyl (C=O) groups excluding carboxylic acids is 2. The largest absolute Gasteiger partial charge is 0.449 e. The highest BCUT2D eigenvalue weighted by molar-refractivity contribution is 6.30. The van der Waals surface area contributed by atoms with Gasteiger partial charge in [0.1, 0.15) is 12.0 Å². The number of hydrogen-bond donors (Lipinski definition) is 1. The molecule has 0 saturated heterocycles. The van der Waals surface area contributed by atoms with E-state index in [4.69, 9.17) is 21.1 Å². The summed E-state index contributed by atoms with van der Waals surface area (Å²) in [6.07, 6.45) is 6.91. The molecule has 1 atom stereocenters. The van der Waals surface area contributed by atoms with Crippen molar-refractivity contribution in [2.75, 3.05) is 18.1 Å². The van der Waals surface area contributed by atoms with Gasteiger partial charge in [0, 0.05) is 41.3 Å². The van der Waals surface area contributed by atoms with Crippen LogP contribution < -0.4 is 10.2 Å². The van der Waals surface area contributed by atoms with E-state index in [1.807, 2.05) is 37.3 Å². The van der Waals surface area contributed by atoms with Crippen molar-refractivity contribution in [3.8, 4) is 0 Å². The summed E-state index contributed by atoms with van der Waals surface area (Å²) < 4.78 is 9.98. The number of imide groups is 1. The third kappa shape index (κ3) is 5.49. The highest BCUT2D eigenvalue weighted by Gasteiger charge is 2.30. The van der Waals surface area contributed by atoms with Crippen molar-refractivity contribution < 1.29 is 19.1 Å². The van der Waals surface area contributed by atoms with Crippen molar-refractivity contribution in [2.24, 2.45) is 0 Å². The average molecular weight is 495 g/mol. The fourth-order valence-corrected chi connectivity index (χ4v) is 4.21. The zero-order valence-corrected chi connectivity index (χ0v) is 20.6. The van der Waals surface area contributed by atoms with Gasteiger partial charge >= 0.3 is 12.2 Å². The monoisotopic (exact) mass is 494 g/mol. The van der Waals surface area contributed by atoms with Crippen LogP contribution in [-0.4, -0.2) is 41.4 Å². The molecule has 35 heavy (non-hydrogen) atoms. The Morgan fingerprint density at radius 2 is 1.86 bits per heavy atom. The quantitative estimate of drug-likeness (QED) is 0.570. The van der Waals surface area contributed by atoms with E-state index in [1.165, 1.54) is 0 Å². The molecule has 1 aromatic carbocycles. The first-order valence-electron chi connectivity index (χ1n) is 11.4. The second-order valence-corrected chi connectivity index (χ2v) is 8.49. The second kappa shape index (κ2) is 10.7. The second-order valence-electron chi connectivity index (χ2n) is 8.05. The molecule has 0 bridgehead atoms. The number of ether oxygens (including phenoxy) is 2. The normalized spacial score (nSPS) is 16.4. The van der Waals surface area contributed by atoms with E-state index in [-0.39, 0.29) is 25.2 Å². The minimum Gasteiger partial charge on any atom is -0.449 e. The van der Waals surface area contributed by atoms with Crippen molar-refractivity contribution in [1.82, 2.24) is 15.2 Å². The lowest BCUT2D eigenvalue weighted by Crippen LogP contribution is -2.38. The molecule has 3 heterocycles. The Hall–Kier alpha value is -3.78. The summed E-state index contributed by atoms with van der Waals surface area (Å²) in [7, 11) is 0. The molecule has 0 spiro atoms. The van der Waals surface area contributed by atoms with E-state index >= 15 is 0 Å². The van der Waals surface area contributed by atoms with Crippen molar-refractivity contribution in [2.45, 2.75) is 33.4 Å². The molecule has 0 aliphatic carbocycles. The molecular formula is C26H27ClN4O4. The number of benzene rings is 1. The molecule has 4 rings (SSSR count). The maximum atomic E-state index is 12.3. The minimum atomic E-state index is -0.829. The van der Waals surface area contributed by atoms with Crippen LogP contribution in [0.5, 0.6) is 0 Å². The highest BCUT2D eigenvalue weighted by Crippen LogP contribution is 2.33. The number of hydrogen-bond acceptors (Lipinski definition) is 7. The molecule has 0 fully saturated rings. The van der Waals surface area contributed by atoms with Crippen LogP contribution in [0, 0.1) is 0 Å². The fraction of sp³-hybridized carbons (Fsp3) is 0.269. The Morgan fingerprint density at radius 3 is 2.49 bits per heavy atom. The van der Waals surface area contributed by atoms with Crippen LogP contribution in [0.15, 0.2) is 72.3 Å². The van der Waals surface area contributed by atoms with Crippen LogP contribution in [0.25, 0.3) is 5.57 Å². The number of rotatable bonds is 6. The third-order valence-corrected chi connectivity index (χ3v) is 5.70. The van der Waals surface area contributed by atoms with Gasteiger partial charge in [0.25, 0.3) is 0 Å². The van der Waals surface area contributed by atoms with Crippen molar-refractivity contribution >= 4 is 35.2 Å². The van der Waals surface area contributed by atoms with Crippen molar-refractivity contribution in [3.05, 3.63) is 88.5 Å². The highest BCUT2D eigenvalue weighted by atomic mass is 35.5. The van der Waals surface area contributed by atoms with Gasteiger partial charge in [-0.1, -0.05) is 29.8 Å². The summed E-state index contributed by atoms with van der Waals surface area (Å²) in [4.78, 5) is 31.9. The topological polar surface area (TPSA) is 84.0 Å². The summed E-state index contributed by atoms with van der Waals surface area (Å²) in [6, 6.07) is 11.2. The van der Waals surface area contributed by atoms with Gasteiger partial charge in [-0.2, -0.15) is 4.90 Å². The van der Waals surface area contributed by atoms with Crippen LogP contribution in [0.1, 0.15) is 31.9 Å². The standard InChI is InChI=1S/C26H27ClN4O4/c1-4-34-25(32)31(26(33)35-5-2)23-10-9-18(14-28-23)11-19-12-22(20-7-6-8-21(27)13-20)24-29-17(3)15-30(24)16-19/h6-10,12-16,24,29H,4-5,11H2,1-3H3. The number of nitrogens with one attached hydrogen (secondary N) is 1. The zero-order chi connectivity index (χ0) is 24.9. The number of halogens is 1. The van der Waals surface area contributed by atoms with Crippen molar-refractivity contribution in [3.63, 3.8) is 0 Å². The number of amides is 2. The number of carbonyl (C=O) groups is 2. The van der Waals surface area contributed by atoms with Gasteiger partial charge in [-0.05, 0) is 61.7 Å². The number of allylic oxidation sites excluding steroid dienone is 3. The number of fused-ring (bicyclic) bond motifs is 1. The number of anilines is 1. The summed E-state index contributed by atoms with van der Waals surface area (Å²) in [6.45, 7) is 5.61. The minimum absolute atomic E-state index is 0.000400. The van der Waals surface area contributed by atoms with Crippen molar-refractivity contribution in [1.29, 1.82) is 0 Å². The lowest BCUT2D eigenvalue weighted by molar-refractivity contribution is 0.140. The molecule has 0 radical (unpaired) electrons. The molecular weight excluding hydrogens is 468 g/mol. The van der Waals surface area contributed by atoms with Crippen LogP contribution in [0.3, 0.4) is 0 Å². The van der Waals surface area contributed by atoms with Gasteiger partial charge in [0.2, 0.25) is 0 Å². The lowest BCUT2D eigenvalue weighted by Gasteiger charge is -2.30. The van der Waals surface area contributed by atoms with E-state index in [0.717, 1.165) is 32.9 Å². The summed E-state index contributed by atoms with van der Waals surface area (Å²) >= 11 is 6.26. The molecule has 2 amide bonds. The number of nitrogens with zero attached hydrogens (tertiary/aromatic N) is 3. The number of aromatic nitrogens is 1. The Bertz CT molecular complexity index is 1190. The Kier molecular flexibility index (Phi) is 7.41. The molecule has 1 aromatic heterocycles. The van der Waals surface area contributed by atoms with Crippen LogP contribution in [0.2, 0.25) is 5.02 Å². The third-order valence-electron chi connectivity index (χ3n) is 5.46. The van der Waals surface area contributed by atoms with E-state index in [1.54, 1.807) is 26.1 Å². The predicted molar refractivity (Wildman–Crippen MR) is 134 cm³/mol. The first-order valence-corrected chi connectivity index (χ1v) is 11.8. The summed E-state index contributed by atoms with van der Waals surface area (Å²) in [5.41, 5.74) is 5.22. The SMILES string of the molecule is CCOC(=O)N(C(=O)OCC)c1ccc(CC2=CN3C=C(C)NC3C(c3cccc(Cl)c3)=C2)cn1. The average Bonchev–Trinajstić information content (AvgIpc) is 3.20. The molecule has 0 saturated carbocycles. The van der Waals surface area contributed by atoms with Gasteiger partial charge in [0.05, 0.1) is 13.2 Å². The smallest absolute Gasteiger partial charge is 0.425 e. The first kappa shape index (κ1) is 24.3. The van der Waals surface area contributed by atoms with Crippen LogP contribution in [0.4, 0.5) is 15.4 Å². The molecule has 2 aromatic rings. The predicted octanol–water partition coefficient (Wildman–Crippen LogP) is 5.47. The van der Waals surface area contributed by atoms with Crippen LogP contribution >= 0.6 is 11.6 Å². The zero-order valence-electron chi connectivity index (χ0n) is 19.8. The summed E-state index contributed by atoms with van der Waals surface area (Å²) in [5.74, 6) is 0.140. The fourth-order valence-electron chi connectivity index (χ4n) is 4.02. The first-order chi connectivity index (χ1) is 16.9. The van der Waals surface area contributed by atoms with Gasteiger partial charge in [-0.3, -0.25) is 0 Å². The van der Waals surface area contributed by atoms with Gasteiger partial charge in [0.15, 0.2) is 0 Å². The van der Waals surface area contributed by atoms with Gasteiger partial charge in [-0.25, -0.2) is 14.6 Å². The maximum absolute atomic E-state index is 12.3. The van der Waals surface area contributed by atoms with Gasteiger partial charge in [-0.15, -0.1) is 0 Å². The molecule has 9 heteroatoms. The maximum Gasteiger partial charge on any atom is 0.425 e. The molecule has 1 N–H and O–H groups in total. The van der Waals surface area contributed by atoms with E-state index < -0.39 is 12.2 Å². The molecule has 2 aliphatic heterocycles. The van der Waals surface area contributed by atoms with Crippen LogP contribution in [-0.2, 0) is 15.9 Å².